The molecule has 0 fully saturated rings. The zero-order valence-corrected chi connectivity index (χ0v) is 11.3. The number of aromatic nitrogens is 2. The van der Waals surface area contributed by atoms with Crippen LogP contribution >= 0.6 is 23.8 Å². The van der Waals surface area contributed by atoms with Gasteiger partial charge >= 0.3 is 0 Å². The molecule has 0 atom stereocenters. The average molecular weight is 286 g/mol. The fourth-order valence-electron chi connectivity index (χ4n) is 2.10. The molecule has 1 aromatic heterocycles. The standard InChI is InChI=1S/C14H8ClN3S/c15-10-5-3-7-12-13(10)17-14(19)18(12)11-6-2-1-4-9(11)8-16/h1-7H,(H,17,19). The molecule has 0 aliphatic heterocycles. The monoisotopic (exact) mass is 285 g/mol. The maximum atomic E-state index is 9.20. The SMILES string of the molecule is N#Cc1ccccc1-n1c(=S)[nH]c2c(Cl)cccc21. The molecule has 0 bridgehead atoms. The quantitative estimate of drug-likeness (QED) is 0.681. The molecule has 0 saturated carbocycles. The van der Waals surface area contributed by atoms with Crippen LogP contribution in [0.4, 0.5) is 0 Å². The number of nitriles is 1. The number of nitrogens with one attached hydrogen (secondary N) is 1. The average Bonchev–Trinajstić information content (AvgIpc) is 2.76. The van der Waals surface area contributed by atoms with Crippen molar-refractivity contribution in [1.29, 1.82) is 5.26 Å². The zero-order chi connectivity index (χ0) is 13.4. The first kappa shape index (κ1) is 12.0. The van der Waals surface area contributed by atoms with Crippen molar-refractivity contribution in [2.45, 2.75) is 0 Å². The number of rotatable bonds is 1. The van der Waals surface area contributed by atoms with E-state index in [1.165, 1.54) is 0 Å². The summed E-state index contributed by atoms with van der Waals surface area (Å²) in [7, 11) is 0. The van der Waals surface area contributed by atoms with E-state index < -0.39 is 0 Å². The molecule has 3 aromatic rings. The maximum Gasteiger partial charge on any atom is 0.182 e. The van der Waals surface area contributed by atoms with Crippen LogP contribution in [0.25, 0.3) is 16.7 Å². The minimum Gasteiger partial charge on any atom is -0.329 e. The van der Waals surface area contributed by atoms with E-state index in [2.05, 4.69) is 11.1 Å². The molecule has 1 heterocycles. The number of halogens is 1. The molecule has 0 aliphatic rings. The fourth-order valence-corrected chi connectivity index (χ4v) is 2.61. The van der Waals surface area contributed by atoms with Gasteiger partial charge in [-0.15, -0.1) is 0 Å². The van der Waals surface area contributed by atoms with E-state index in [4.69, 9.17) is 23.8 Å². The Bertz CT molecular complexity index is 870. The van der Waals surface area contributed by atoms with Crippen LogP contribution in [-0.4, -0.2) is 9.55 Å². The lowest BCUT2D eigenvalue weighted by Gasteiger charge is -2.06. The van der Waals surface area contributed by atoms with E-state index in [0.717, 1.165) is 16.7 Å². The largest absolute Gasteiger partial charge is 0.329 e. The van der Waals surface area contributed by atoms with Gasteiger partial charge in [-0.05, 0) is 36.5 Å². The van der Waals surface area contributed by atoms with Gasteiger partial charge in [-0.3, -0.25) is 4.57 Å². The van der Waals surface area contributed by atoms with Gasteiger partial charge in [0.15, 0.2) is 4.77 Å². The lowest BCUT2D eigenvalue weighted by molar-refractivity contribution is 1.06. The summed E-state index contributed by atoms with van der Waals surface area (Å²) in [6.07, 6.45) is 0. The van der Waals surface area contributed by atoms with Gasteiger partial charge < -0.3 is 4.98 Å². The summed E-state index contributed by atoms with van der Waals surface area (Å²) in [4.78, 5) is 3.08. The van der Waals surface area contributed by atoms with Gasteiger partial charge in [0.2, 0.25) is 0 Å². The van der Waals surface area contributed by atoms with Crippen molar-refractivity contribution in [3.05, 3.63) is 57.8 Å². The molecule has 0 radical (unpaired) electrons. The molecule has 0 amide bonds. The number of para-hydroxylation sites is 2. The Labute approximate surface area is 119 Å². The lowest BCUT2D eigenvalue weighted by Crippen LogP contribution is -1.97. The minimum absolute atomic E-state index is 0.519. The normalized spacial score (nSPS) is 10.5. The molecule has 3 nitrogen and oxygen atoms in total. The Morgan fingerprint density at radius 3 is 2.74 bits per heavy atom. The van der Waals surface area contributed by atoms with Gasteiger partial charge in [0.25, 0.3) is 0 Å². The molecule has 92 valence electrons. The van der Waals surface area contributed by atoms with Crippen LogP contribution in [-0.2, 0) is 0 Å². The number of fused-ring (bicyclic) bond motifs is 1. The highest BCUT2D eigenvalue weighted by molar-refractivity contribution is 7.71. The van der Waals surface area contributed by atoms with Crippen LogP contribution in [0.2, 0.25) is 5.02 Å². The first-order valence-corrected chi connectivity index (χ1v) is 6.40. The topological polar surface area (TPSA) is 44.5 Å². The van der Waals surface area contributed by atoms with Gasteiger partial charge in [0, 0.05) is 0 Å². The van der Waals surface area contributed by atoms with E-state index in [1.807, 2.05) is 34.9 Å². The molecule has 5 heteroatoms. The number of nitrogens with zero attached hydrogens (tertiary/aromatic N) is 2. The van der Waals surface area contributed by atoms with Crippen LogP contribution in [0.3, 0.4) is 0 Å². The van der Waals surface area contributed by atoms with Crippen molar-refractivity contribution < 1.29 is 0 Å². The van der Waals surface area contributed by atoms with E-state index in [-0.39, 0.29) is 0 Å². The Kier molecular flexibility index (Phi) is 2.86. The summed E-state index contributed by atoms with van der Waals surface area (Å²) >= 11 is 11.5. The predicted octanol–water partition coefficient (Wildman–Crippen LogP) is 4.21. The summed E-state index contributed by atoms with van der Waals surface area (Å²) < 4.78 is 2.35. The van der Waals surface area contributed by atoms with Gasteiger partial charge in [-0.1, -0.05) is 29.8 Å². The molecule has 3 rings (SSSR count). The second-order valence-corrected chi connectivity index (χ2v) is 4.82. The van der Waals surface area contributed by atoms with Crippen molar-refractivity contribution in [1.82, 2.24) is 9.55 Å². The third kappa shape index (κ3) is 1.84. The Hall–Kier alpha value is -2.09. The molecule has 0 unspecified atom stereocenters. The second-order valence-electron chi connectivity index (χ2n) is 4.03. The lowest BCUT2D eigenvalue weighted by atomic mass is 10.2. The molecule has 2 aromatic carbocycles. The van der Waals surface area contributed by atoms with Crippen LogP contribution < -0.4 is 0 Å². The molecule has 1 N–H and O–H groups in total. The van der Waals surface area contributed by atoms with Crippen molar-refractivity contribution in [2.24, 2.45) is 0 Å². The van der Waals surface area contributed by atoms with Crippen LogP contribution in [0.15, 0.2) is 42.5 Å². The highest BCUT2D eigenvalue weighted by Crippen LogP contribution is 2.26. The number of aromatic amines is 1. The van der Waals surface area contributed by atoms with Gasteiger partial charge in [0.05, 0.1) is 27.3 Å². The Morgan fingerprint density at radius 2 is 1.95 bits per heavy atom. The Morgan fingerprint density at radius 1 is 1.16 bits per heavy atom. The molecule has 0 saturated heterocycles. The fraction of sp³-hybridized carbons (Fsp3) is 0. The van der Waals surface area contributed by atoms with E-state index in [9.17, 15) is 5.26 Å². The summed E-state index contributed by atoms with van der Waals surface area (Å²) in [5.41, 5.74) is 2.96. The third-order valence-corrected chi connectivity index (χ3v) is 3.53. The van der Waals surface area contributed by atoms with E-state index >= 15 is 0 Å². The van der Waals surface area contributed by atoms with E-state index in [1.54, 1.807) is 12.1 Å². The number of H-pyrrole nitrogens is 1. The van der Waals surface area contributed by atoms with Crippen LogP contribution in [0, 0.1) is 16.1 Å². The number of hydrogen-bond acceptors (Lipinski definition) is 2. The van der Waals surface area contributed by atoms with Crippen molar-refractivity contribution in [3.8, 4) is 11.8 Å². The summed E-state index contributed by atoms with van der Waals surface area (Å²) in [6, 6.07) is 15.1. The van der Waals surface area contributed by atoms with Crippen molar-refractivity contribution >= 4 is 34.9 Å². The first-order chi connectivity index (χ1) is 9.22. The van der Waals surface area contributed by atoms with Crippen molar-refractivity contribution in [2.75, 3.05) is 0 Å². The van der Waals surface area contributed by atoms with E-state index in [0.29, 0.717) is 15.4 Å². The maximum absolute atomic E-state index is 9.20. The third-order valence-electron chi connectivity index (χ3n) is 2.93. The summed E-state index contributed by atoms with van der Waals surface area (Å²) in [5, 5.41) is 9.81. The number of benzene rings is 2. The number of hydrogen-bond donors (Lipinski definition) is 1. The highest BCUT2D eigenvalue weighted by atomic mass is 35.5. The number of imidazole rings is 1. The summed E-state index contributed by atoms with van der Waals surface area (Å²) in [6.45, 7) is 0. The highest BCUT2D eigenvalue weighted by Gasteiger charge is 2.11. The van der Waals surface area contributed by atoms with Gasteiger partial charge in [-0.2, -0.15) is 5.26 Å². The predicted molar refractivity (Wildman–Crippen MR) is 78.2 cm³/mol. The molecular weight excluding hydrogens is 278 g/mol. The molecule has 19 heavy (non-hydrogen) atoms. The van der Waals surface area contributed by atoms with Crippen molar-refractivity contribution in [3.63, 3.8) is 0 Å². The second kappa shape index (κ2) is 4.54. The Balaban J connectivity index is 2.45. The summed E-state index contributed by atoms with van der Waals surface area (Å²) in [5.74, 6) is 0. The minimum atomic E-state index is 0.519. The van der Waals surface area contributed by atoms with Gasteiger partial charge in [-0.25, -0.2) is 0 Å². The molecule has 0 aliphatic carbocycles. The first-order valence-electron chi connectivity index (χ1n) is 5.61. The zero-order valence-electron chi connectivity index (χ0n) is 9.72. The molecular formula is C14H8ClN3S. The molecule has 0 spiro atoms. The van der Waals surface area contributed by atoms with Crippen LogP contribution in [0.5, 0.6) is 0 Å². The van der Waals surface area contributed by atoms with Crippen LogP contribution in [0.1, 0.15) is 5.56 Å². The van der Waals surface area contributed by atoms with Gasteiger partial charge in [0.1, 0.15) is 6.07 Å². The smallest absolute Gasteiger partial charge is 0.182 e.